The molecule has 1 aromatic rings. The number of unbranched alkanes of at least 4 members (excludes halogenated alkanes) is 2. The number of ether oxygens (including phenoxy) is 1. The van der Waals surface area contributed by atoms with Crippen LogP contribution >= 0.6 is 0 Å². The lowest BCUT2D eigenvalue weighted by molar-refractivity contribution is 0.117. The van der Waals surface area contributed by atoms with Crippen molar-refractivity contribution in [3.05, 3.63) is 29.8 Å². The van der Waals surface area contributed by atoms with E-state index in [9.17, 15) is 0 Å². The van der Waals surface area contributed by atoms with Gasteiger partial charge >= 0.3 is 7.12 Å². The Kier molecular flexibility index (Phi) is 6.15. The van der Waals surface area contributed by atoms with Crippen molar-refractivity contribution >= 4 is 12.6 Å². The van der Waals surface area contributed by atoms with E-state index in [0.29, 0.717) is 12.1 Å². The molecule has 0 radical (unpaired) electrons. The Labute approximate surface area is 97.2 Å². The van der Waals surface area contributed by atoms with E-state index in [1.807, 2.05) is 12.1 Å². The van der Waals surface area contributed by atoms with E-state index in [1.54, 1.807) is 12.1 Å². The van der Waals surface area contributed by atoms with E-state index < -0.39 is 7.12 Å². The fourth-order valence-electron chi connectivity index (χ4n) is 1.43. The van der Waals surface area contributed by atoms with Crippen LogP contribution in [0, 0.1) is 0 Å². The standard InChI is InChI=1S/C12H19BO3/c1-2-3-4-9-16-10-11-5-7-12(8-6-11)13(14)15/h5-8,14-15H,2-4,9-10H2,1H3. The molecule has 1 rings (SSSR count). The minimum Gasteiger partial charge on any atom is -0.423 e. The molecule has 2 N–H and O–H groups in total. The summed E-state index contributed by atoms with van der Waals surface area (Å²) in [5.41, 5.74) is 1.57. The number of hydrogen-bond donors (Lipinski definition) is 2. The second-order valence-corrected chi connectivity index (χ2v) is 3.87. The second-order valence-electron chi connectivity index (χ2n) is 3.87. The lowest BCUT2D eigenvalue weighted by Gasteiger charge is -2.05. The van der Waals surface area contributed by atoms with E-state index in [-0.39, 0.29) is 0 Å². The van der Waals surface area contributed by atoms with Gasteiger partial charge in [0.1, 0.15) is 0 Å². The van der Waals surface area contributed by atoms with E-state index in [0.717, 1.165) is 18.6 Å². The molecule has 0 saturated carbocycles. The summed E-state index contributed by atoms with van der Waals surface area (Å²) in [4.78, 5) is 0. The van der Waals surface area contributed by atoms with E-state index in [2.05, 4.69) is 6.92 Å². The monoisotopic (exact) mass is 222 g/mol. The number of rotatable bonds is 7. The highest BCUT2D eigenvalue weighted by Gasteiger charge is 2.09. The highest BCUT2D eigenvalue weighted by molar-refractivity contribution is 6.58. The lowest BCUT2D eigenvalue weighted by atomic mass is 9.80. The maximum atomic E-state index is 8.91. The third-order valence-electron chi connectivity index (χ3n) is 2.44. The highest BCUT2D eigenvalue weighted by atomic mass is 16.5. The van der Waals surface area contributed by atoms with Gasteiger partial charge in [-0.25, -0.2) is 0 Å². The Hall–Kier alpha value is -0.835. The van der Waals surface area contributed by atoms with Crippen LogP contribution in [0.3, 0.4) is 0 Å². The van der Waals surface area contributed by atoms with Crippen molar-refractivity contribution in [2.75, 3.05) is 6.61 Å². The quantitative estimate of drug-likeness (QED) is 0.536. The van der Waals surface area contributed by atoms with Crippen molar-refractivity contribution in [2.45, 2.75) is 32.8 Å². The second kappa shape index (κ2) is 7.44. The van der Waals surface area contributed by atoms with Gasteiger partial charge in [0.25, 0.3) is 0 Å². The van der Waals surface area contributed by atoms with Crippen molar-refractivity contribution < 1.29 is 14.8 Å². The minimum atomic E-state index is -1.39. The van der Waals surface area contributed by atoms with Gasteiger partial charge in [-0.3, -0.25) is 0 Å². The molecule has 88 valence electrons. The van der Waals surface area contributed by atoms with Crippen LogP contribution in [-0.4, -0.2) is 23.8 Å². The first kappa shape index (κ1) is 13.2. The molecule has 0 saturated heterocycles. The summed E-state index contributed by atoms with van der Waals surface area (Å²) in [6.45, 7) is 3.54. The molecule has 0 amide bonds. The molecular weight excluding hydrogens is 203 g/mol. The molecule has 0 aromatic heterocycles. The van der Waals surface area contributed by atoms with Gasteiger partial charge in [-0.05, 0) is 17.4 Å². The third-order valence-corrected chi connectivity index (χ3v) is 2.44. The van der Waals surface area contributed by atoms with Crippen LogP contribution < -0.4 is 5.46 Å². The Morgan fingerprint density at radius 3 is 2.38 bits per heavy atom. The Bertz CT molecular complexity index is 285. The number of hydrogen-bond acceptors (Lipinski definition) is 3. The predicted octanol–water partition coefficient (Wildman–Crippen LogP) is 1.07. The van der Waals surface area contributed by atoms with Gasteiger partial charge in [0.15, 0.2) is 0 Å². The normalized spacial score (nSPS) is 10.4. The van der Waals surface area contributed by atoms with Crippen LogP contribution in [0.2, 0.25) is 0 Å². The van der Waals surface area contributed by atoms with Crippen LogP contribution in [0.25, 0.3) is 0 Å². The Morgan fingerprint density at radius 2 is 1.81 bits per heavy atom. The van der Waals surface area contributed by atoms with Gasteiger partial charge in [-0.2, -0.15) is 0 Å². The molecule has 4 heteroatoms. The maximum absolute atomic E-state index is 8.91. The maximum Gasteiger partial charge on any atom is 0.488 e. The summed E-state index contributed by atoms with van der Waals surface area (Å²) in [5.74, 6) is 0. The van der Waals surface area contributed by atoms with Crippen LogP contribution in [0.15, 0.2) is 24.3 Å². The van der Waals surface area contributed by atoms with Crippen molar-refractivity contribution in [1.82, 2.24) is 0 Å². The van der Waals surface area contributed by atoms with Crippen molar-refractivity contribution in [3.63, 3.8) is 0 Å². The van der Waals surface area contributed by atoms with Crippen LogP contribution in [0.4, 0.5) is 0 Å². The Morgan fingerprint density at radius 1 is 1.12 bits per heavy atom. The van der Waals surface area contributed by atoms with Gasteiger partial charge in [-0.15, -0.1) is 0 Å². The molecule has 0 aliphatic carbocycles. The molecule has 0 aliphatic rings. The molecule has 0 aliphatic heterocycles. The fourth-order valence-corrected chi connectivity index (χ4v) is 1.43. The zero-order valence-corrected chi connectivity index (χ0v) is 9.72. The number of benzene rings is 1. The van der Waals surface area contributed by atoms with Crippen molar-refractivity contribution in [3.8, 4) is 0 Å². The molecule has 3 nitrogen and oxygen atoms in total. The summed E-state index contributed by atoms with van der Waals surface area (Å²) in [6.07, 6.45) is 3.51. The van der Waals surface area contributed by atoms with E-state index in [4.69, 9.17) is 14.8 Å². The van der Waals surface area contributed by atoms with E-state index in [1.165, 1.54) is 12.8 Å². The largest absolute Gasteiger partial charge is 0.488 e. The molecule has 0 unspecified atom stereocenters. The Balaban J connectivity index is 2.27. The first-order valence-corrected chi connectivity index (χ1v) is 5.76. The summed E-state index contributed by atoms with van der Waals surface area (Å²) in [6, 6.07) is 7.12. The average Bonchev–Trinajstić information content (AvgIpc) is 2.29. The summed E-state index contributed by atoms with van der Waals surface area (Å²) >= 11 is 0. The van der Waals surface area contributed by atoms with Crippen LogP contribution in [-0.2, 0) is 11.3 Å². The van der Waals surface area contributed by atoms with Gasteiger partial charge in [0.05, 0.1) is 6.61 Å². The highest BCUT2D eigenvalue weighted by Crippen LogP contribution is 2.01. The molecule has 0 fully saturated rings. The molecule has 16 heavy (non-hydrogen) atoms. The predicted molar refractivity (Wildman–Crippen MR) is 65.4 cm³/mol. The van der Waals surface area contributed by atoms with Gasteiger partial charge in [0.2, 0.25) is 0 Å². The topological polar surface area (TPSA) is 49.7 Å². The molecular formula is C12H19BO3. The van der Waals surface area contributed by atoms with Crippen molar-refractivity contribution in [2.24, 2.45) is 0 Å². The smallest absolute Gasteiger partial charge is 0.423 e. The van der Waals surface area contributed by atoms with Gasteiger partial charge < -0.3 is 14.8 Å². The fraction of sp³-hybridized carbons (Fsp3) is 0.500. The van der Waals surface area contributed by atoms with Gasteiger partial charge in [0, 0.05) is 6.61 Å². The first-order chi connectivity index (χ1) is 7.74. The SMILES string of the molecule is CCCCCOCc1ccc(B(O)O)cc1. The molecule has 0 spiro atoms. The minimum absolute atomic E-state index is 0.509. The molecule has 1 aromatic carbocycles. The summed E-state index contributed by atoms with van der Waals surface area (Å²) in [5, 5.41) is 17.8. The molecule has 0 atom stereocenters. The summed E-state index contributed by atoms with van der Waals surface area (Å²) in [7, 11) is -1.39. The zero-order valence-electron chi connectivity index (χ0n) is 9.72. The van der Waals surface area contributed by atoms with E-state index >= 15 is 0 Å². The molecule has 0 bridgehead atoms. The lowest BCUT2D eigenvalue weighted by Crippen LogP contribution is -2.29. The summed E-state index contributed by atoms with van der Waals surface area (Å²) < 4.78 is 5.50. The third kappa shape index (κ3) is 4.79. The first-order valence-electron chi connectivity index (χ1n) is 5.76. The van der Waals surface area contributed by atoms with Crippen LogP contribution in [0.5, 0.6) is 0 Å². The van der Waals surface area contributed by atoms with Gasteiger partial charge in [-0.1, -0.05) is 44.0 Å². The van der Waals surface area contributed by atoms with Crippen molar-refractivity contribution in [1.29, 1.82) is 0 Å². The average molecular weight is 222 g/mol. The van der Waals surface area contributed by atoms with Crippen LogP contribution in [0.1, 0.15) is 31.7 Å². The zero-order chi connectivity index (χ0) is 11.8. The molecule has 0 heterocycles.